The summed E-state index contributed by atoms with van der Waals surface area (Å²) in [6, 6.07) is 9.96. The molecular formula is C11H11N5O. The molecule has 0 unspecified atom stereocenters. The number of aromatic nitrogens is 3. The van der Waals surface area contributed by atoms with Crippen LogP contribution in [0, 0.1) is 0 Å². The van der Waals surface area contributed by atoms with Crippen LogP contribution in [0.15, 0.2) is 41.8 Å². The van der Waals surface area contributed by atoms with E-state index in [0.29, 0.717) is 5.95 Å². The minimum atomic E-state index is 0.248. The topological polar surface area (TPSA) is 72.3 Å². The van der Waals surface area contributed by atoms with Crippen LogP contribution >= 0.6 is 0 Å². The van der Waals surface area contributed by atoms with E-state index in [9.17, 15) is 0 Å². The van der Waals surface area contributed by atoms with E-state index < -0.39 is 0 Å². The highest BCUT2D eigenvalue weighted by atomic mass is 16.5. The number of methoxy groups -OCH3 is 1. The van der Waals surface area contributed by atoms with Crippen molar-refractivity contribution >= 4 is 12.2 Å². The van der Waals surface area contributed by atoms with Crippen molar-refractivity contribution in [3.8, 4) is 6.01 Å². The number of hydrogen-bond donors (Lipinski definition) is 1. The molecule has 1 aromatic carbocycles. The lowest BCUT2D eigenvalue weighted by Crippen LogP contribution is -2.00. The Balaban J connectivity index is 2.00. The molecule has 0 radical (unpaired) electrons. The predicted molar refractivity (Wildman–Crippen MR) is 64.0 cm³/mol. The molecule has 86 valence electrons. The normalized spacial score (nSPS) is 10.4. The molecular weight excluding hydrogens is 218 g/mol. The molecule has 0 saturated heterocycles. The lowest BCUT2D eigenvalue weighted by Gasteiger charge is -1.99. The Morgan fingerprint density at radius 1 is 1.24 bits per heavy atom. The molecule has 0 saturated carbocycles. The van der Waals surface area contributed by atoms with Crippen molar-refractivity contribution in [3.63, 3.8) is 0 Å². The first kappa shape index (κ1) is 11.0. The van der Waals surface area contributed by atoms with E-state index in [2.05, 4.69) is 25.5 Å². The second kappa shape index (κ2) is 5.55. The molecule has 0 aliphatic heterocycles. The van der Waals surface area contributed by atoms with E-state index in [4.69, 9.17) is 4.74 Å². The van der Waals surface area contributed by atoms with E-state index in [1.54, 1.807) is 6.21 Å². The molecule has 0 aliphatic carbocycles. The summed E-state index contributed by atoms with van der Waals surface area (Å²) in [5.74, 6) is 0.337. The van der Waals surface area contributed by atoms with Crippen molar-refractivity contribution < 1.29 is 4.74 Å². The zero-order chi connectivity index (χ0) is 11.9. The SMILES string of the molecule is COc1ncnc(NN=Cc2ccccc2)n1. The second-order valence-corrected chi connectivity index (χ2v) is 3.08. The summed E-state index contributed by atoms with van der Waals surface area (Å²) in [7, 11) is 1.49. The van der Waals surface area contributed by atoms with Gasteiger partial charge in [-0.2, -0.15) is 20.1 Å². The Labute approximate surface area is 98.4 Å². The number of rotatable bonds is 4. The van der Waals surface area contributed by atoms with Gasteiger partial charge in [-0.05, 0) is 5.56 Å². The molecule has 0 bridgehead atoms. The van der Waals surface area contributed by atoms with Crippen molar-refractivity contribution in [3.05, 3.63) is 42.2 Å². The van der Waals surface area contributed by atoms with Gasteiger partial charge in [0.15, 0.2) is 0 Å². The third-order valence-corrected chi connectivity index (χ3v) is 1.91. The Morgan fingerprint density at radius 3 is 2.82 bits per heavy atom. The summed E-state index contributed by atoms with van der Waals surface area (Å²) in [6.07, 6.45) is 3.03. The molecule has 0 aliphatic rings. The minimum absolute atomic E-state index is 0.248. The second-order valence-electron chi connectivity index (χ2n) is 3.08. The number of anilines is 1. The quantitative estimate of drug-likeness (QED) is 0.632. The van der Waals surface area contributed by atoms with Crippen LogP contribution in [-0.4, -0.2) is 28.3 Å². The van der Waals surface area contributed by atoms with Crippen molar-refractivity contribution in [2.24, 2.45) is 5.10 Å². The average molecular weight is 229 g/mol. The summed E-state index contributed by atoms with van der Waals surface area (Å²) >= 11 is 0. The van der Waals surface area contributed by atoms with Crippen LogP contribution in [0.1, 0.15) is 5.56 Å². The van der Waals surface area contributed by atoms with Crippen LogP contribution in [0.5, 0.6) is 6.01 Å². The van der Waals surface area contributed by atoms with Crippen molar-refractivity contribution in [1.29, 1.82) is 0 Å². The average Bonchev–Trinajstić information content (AvgIpc) is 2.40. The molecule has 0 amide bonds. The highest BCUT2D eigenvalue weighted by Gasteiger charge is 1.97. The summed E-state index contributed by atoms with van der Waals surface area (Å²) in [5.41, 5.74) is 3.68. The van der Waals surface area contributed by atoms with Crippen LogP contribution in [0.25, 0.3) is 0 Å². The van der Waals surface area contributed by atoms with Gasteiger partial charge in [0.1, 0.15) is 6.33 Å². The van der Waals surface area contributed by atoms with Gasteiger partial charge in [-0.1, -0.05) is 30.3 Å². The van der Waals surface area contributed by atoms with Crippen LogP contribution in [0.3, 0.4) is 0 Å². The fourth-order valence-corrected chi connectivity index (χ4v) is 1.14. The minimum Gasteiger partial charge on any atom is -0.467 e. The van der Waals surface area contributed by atoms with Crippen molar-refractivity contribution in [2.45, 2.75) is 0 Å². The smallest absolute Gasteiger partial charge is 0.320 e. The van der Waals surface area contributed by atoms with Crippen LogP contribution < -0.4 is 10.2 Å². The number of benzene rings is 1. The van der Waals surface area contributed by atoms with Crippen LogP contribution in [0.4, 0.5) is 5.95 Å². The number of nitrogens with zero attached hydrogens (tertiary/aromatic N) is 4. The van der Waals surface area contributed by atoms with Gasteiger partial charge in [0.2, 0.25) is 5.95 Å². The number of hydrazone groups is 1. The summed E-state index contributed by atoms with van der Waals surface area (Å²) in [5, 5.41) is 4.00. The summed E-state index contributed by atoms with van der Waals surface area (Å²) in [4.78, 5) is 11.6. The maximum absolute atomic E-state index is 4.87. The van der Waals surface area contributed by atoms with Gasteiger partial charge >= 0.3 is 6.01 Å². The maximum atomic E-state index is 4.87. The van der Waals surface area contributed by atoms with Gasteiger partial charge in [0.25, 0.3) is 0 Å². The zero-order valence-corrected chi connectivity index (χ0v) is 9.24. The van der Waals surface area contributed by atoms with Gasteiger partial charge in [-0.3, -0.25) is 0 Å². The lowest BCUT2D eigenvalue weighted by atomic mass is 10.2. The predicted octanol–water partition coefficient (Wildman–Crippen LogP) is 1.33. The molecule has 6 nitrogen and oxygen atoms in total. The van der Waals surface area contributed by atoms with Crippen LogP contribution in [-0.2, 0) is 0 Å². The van der Waals surface area contributed by atoms with E-state index in [0.717, 1.165) is 5.56 Å². The molecule has 1 aromatic heterocycles. The standard InChI is InChI=1S/C11H11N5O/c1-17-11-13-8-12-10(15-11)16-14-7-9-5-3-2-4-6-9/h2-8H,1H3,(H,12,13,15,16). The summed E-state index contributed by atoms with van der Waals surface area (Å²) < 4.78 is 4.87. The lowest BCUT2D eigenvalue weighted by molar-refractivity contribution is 0.378. The molecule has 0 fully saturated rings. The van der Waals surface area contributed by atoms with Crippen LogP contribution in [0.2, 0.25) is 0 Å². The van der Waals surface area contributed by atoms with Crippen molar-refractivity contribution in [1.82, 2.24) is 15.0 Å². The Hall–Kier alpha value is -2.50. The first-order valence-electron chi connectivity index (χ1n) is 4.95. The van der Waals surface area contributed by atoms with Gasteiger partial charge in [0, 0.05) is 0 Å². The van der Waals surface area contributed by atoms with Gasteiger partial charge in [-0.25, -0.2) is 5.43 Å². The van der Waals surface area contributed by atoms with Gasteiger partial charge < -0.3 is 4.74 Å². The monoisotopic (exact) mass is 229 g/mol. The molecule has 17 heavy (non-hydrogen) atoms. The number of hydrogen-bond acceptors (Lipinski definition) is 6. The molecule has 6 heteroatoms. The molecule has 0 atom stereocenters. The first-order chi connectivity index (χ1) is 8.38. The van der Waals surface area contributed by atoms with E-state index in [1.165, 1.54) is 13.4 Å². The number of ether oxygens (including phenoxy) is 1. The molecule has 2 rings (SSSR count). The van der Waals surface area contributed by atoms with E-state index >= 15 is 0 Å². The molecule has 0 spiro atoms. The third-order valence-electron chi connectivity index (χ3n) is 1.91. The fourth-order valence-electron chi connectivity index (χ4n) is 1.14. The fraction of sp³-hybridized carbons (Fsp3) is 0.0909. The number of nitrogens with one attached hydrogen (secondary N) is 1. The Kier molecular flexibility index (Phi) is 3.59. The molecule has 1 N–H and O–H groups in total. The van der Waals surface area contributed by atoms with E-state index in [1.807, 2.05) is 30.3 Å². The van der Waals surface area contributed by atoms with Gasteiger partial charge in [-0.15, -0.1) is 0 Å². The Bertz CT molecular complexity index is 500. The third kappa shape index (κ3) is 3.23. The largest absolute Gasteiger partial charge is 0.467 e. The first-order valence-corrected chi connectivity index (χ1v) is 4.95. The maximum Gasteiger partial charge on any atom is 0.320 e. The zero-order valence-electron chi connectivity index (χ0n) is 9.24. The van der Waals surface area contributed by atoms with E-state index in [-0.39, 0.29) is 6.01 Å². The molecule has 1 heterocycles. The van der Waals surface area contributed by atoms with Crippen molar-refractivity contribution in [2.75, 3.05) is 12.5 Å². The van der Waals surface area contributed by atoms with Gasteiger partial charge in [0.05, 0.1) is 13.3 Å². The molecule has 2 aromatic rings. The summed E-state index contributed by atoms with van der Waals surface area (Å²) in [6.45, 7) is 0. The highest BCUT2D eigenvalue weighted by molar-refractivity contribution is 5.79. The Morgan fingerprint density at radius 2 is 2.06 bits per heavy atom. The highest BCUT2D eigenvalue weighted by Crippen LogP contribution is 2.02.